The molecule has 0 spiro atoms. The number of pyridine rings is 1. The summed E-state index contributed by atoms with van der Waals surface area (Å²) in [5.74, 6) is 0. The molecule has 0 N–H and O–H groups in total. The number of aromatic nitrogens is 1. The zero-order valence-electron chi connectivity index (χ0n) is 32.9. The maximum atomic E-state index is 4.92. The lowest BCUT2D eigenvalue weighted by Crippen LogP contribution is -2.43. The second kappa shape index (κ2) is 11.4. The zero-order valence-corrected chi connectivity index (χ0v) is 32.9. The molecule has 0 saturated carbocycles. The van der Waals surface area contributed by atoms with Crippen LogP contribution in [-0.4, -0.2) is 4.98 Å². The molecular formula is C54H44N2. The Morgan fingerprint density at radius 2 is 0.750 bits per heavy atom. The second-order valence-corrected chi connectivity index (χ2v) is 17.7. The van der Waals surface area contributed by atoms with Crippen LogP contribution >= 0.6 is 0 Å². The van der Waals surface area contributed by atoms with Crippen molar-refractivity contribution in [2.75, 3.05) is 4.90 Å². The van der Waals surface area contributed by atoms with Gasteiger partial charge in [0.1, 0.15) is 0 Å². The van der Waals surface area contributed by atoms with Crippen molar-refractivity contribution in [3.05, 3.63) is 191 Å². The standard InChI is InChI=1S/C54H44N2/c1-52(2)42-27-38(33-16-9-7-10-17-33)29-44-49(42)56-50-43(52)28-39(34-18-11-8-12-19-34)30-45(50)54(5,6)47-32-40(31-46(51(47)56)53(44,3)4)36-21-15-22-37(26-36)48-41-23-14-13-20-35(41)24-25-55-48/h7-32H,1-6H3. The fourth-order valence-corrected chi connectivity index (χ4v) is 10.2. The lowest BCUT2D eigenvalue weighted by molar-refractivity contribution is 0.567. The van der Waals surface area contributed by atoms with Crippen LogP contribution < -0.4 is 4.90 Å². The summed E-state index contributed by atoms with van der Waals surface area (Å²) < 4.78 is 0. The average molecular weight is 721 g/mol. The molecule has 0 atom stereocenters. The molecule has 3 aliphatic rings. The summed E-state index contributed by atoms with van der Waals surface area (Å²) in [6.45, 7) is 14.7. The lowest BCUT2D eigenvalue weighted by Gasteiger charge is -2.55. The van der Waals surface area contributed by atoms with E-state index in [4.69, 9.17) is 4.98 Å². The highest BCUT2D eigenvalue weighted by atomic mass is 15.2. The minimum absolute atomic E-state index is 0.239. The third kappa shape index (κ3) is 4.47. The molecule has 11 rings (SSSR count). The van der Waals surface area contributed by atoms with Gasteiger partial charge in [-0.15, -0.1) is 0 Å². The van der Waals surface area contributed by atoms with Gasteiger partial charge in [0.25, 0.3) is 0 Å². The molecule has 2 nitrogen and oxygen atoms in total. The summed E-state index contributed by atoms with van der Waals surface area (Å²) in [6.07, 6.45) is 1.93. The SMILES string of the molecule is CC1(C)c2cc(-c3ccccc3)cc3c2N2c4c1cc(-c1ccccc1)cc4C(C)(C)c1cc(-c4cccc(-c5nccc6ccccc56)c4)cc(c12)C3(C)C. The molecule has 270 valence electrons. The fraction of sp³-hybridized carbons (Fsp3) is 0.167. The average Bonchev–Trinajstić information content (AvgIpc) is 3.23. The molecule has 7 aromatic carbocycles. The summed E-state index contributed by atoms with van der Waals surface area (Å²) in [6, 6.07) is 56.6. The number of hydrogen-bond donors (Lipinski definition) is 0. The van der Waals surface area contributed by atoms with E-state index in [-0.39, 0.29) is 16.2 Å². The number of hydrogen-bond acceptors (Lipinski definition) is 2. The van der Waals surface area contributed by atoms with E-state index in [2.05, 4.69) is 198 Å². The quantitative estimate of drug-likeness (QED) is 0.180. The van der Waals surface area contributed by atoms with Crippen LogP contribution in [0.2, 0.25) is 0 Å². The first kappa shape index (κ1) is 33.1. The van der Waals surface area contributed by atoms with Crippen LogP contribution in [0.3, 0.4) is 0 Å². The Morgan fingerprint density at radius 3 is 1.23 bits per heavy atom. The van der Waals surface area contributed by atoms with Crippen molar-refractivity contribution in [1.29, 1.82) is 0 Å². The van der Waals surface area contributed by atoms with Gasteiger partial charge < -0.3 is 4.90 Å². The van der Waals surface area contributed by atoms with Gasteiger partial charge in [0.15, 0.2) is 0 Å². The van der Waals surface area contributed by atoms with Crippen LogP contribution in [0.4, 0.5) is 17.1 Å². The first-order valence-electron chi connectivity index (χ1n) is 20.0. The molecule has 3 aliphatic heterocycles. The predicted octanol–water partition coefficient (Wildman–Crippen LogP) is 14.3. The minimum Gasteiger partial charge on any atom is -0.309 e. The molecule has 0 unspecified atom stereocenters. The molecule has 0 fully saturated rings. The Hall–Kier alpha value is -6.25. The predicted molar refractivity (Wildman–Crippen MR) is 235 cm³/mol. The van der Waals surface area contributed by atoms with Gasteiger partial charge in [-0.25, -0.2) is 0 Å². The van der Waals surface area contributed by atoms with Crippen LogP contribution in [0.1, 0.15) is 74.9 Å². The molecule has 1 aromatic heterocycles. The van der Waals surface area contributed by atoms with Gasteiger partial charge in [-0.2, -0.15) is 0 Å². The van der Waals surface area contributed by atoms with E-state index in [9.17, 15) is 0 Å². The first-order chi connectivity index (χ1) is 27.0. The first-order valence-corrected chi connectivity index (χ1v) is 20.0. The highest BCUT2D eigenvalue weighted by Crippen LogP contribution is 2.67. The summed E-state index contributed by atoms with van der Waals surface area (Å²) in [7, 11) is 0. The molecule has 8 aromatic rings. The van der Waals surface area contributed by atoms with Crippen LogP contribution in [0.15, 0.2) is 158 Å². The normalized spacial score (nSPS) is 16.1. The number of rotatable bonds is 4. The molecule has 0 radical (unpaired) electrons. The van der Waals surface area contributed by atoms with Gasteiger partial charge in [-0.1, -0.05) is 145 Å². The molecule has 0 bridgehead atoms. The number of anilines is 3. The highest BCUT2D eigenvalue weighted by molar-refractivity contribution is 6.01. The van der Waals surface area contributed by atoms with E-state index >= 15 is 0 Å². The summed E-state index contributed by atoms with van der Waals surface area (Å²) in [5, 5.41) is 2.38. The van der Waals surface area contributed by atoms with E-state index in [0.717, 1.165) is 11.3 Å². The minimum atomic E-state index is -0.272. The Kier molecular flexibility index (Phi) is 6.74. The zero-order chi connectivity index (χ0) is 38.1. The molecule has 0 aliphatic carbocycles. The maximum absolute atomic E-state index is 4.92. The van der Waals surface area contributed by atoms with E-state index in [1.54, 1.807) is 0 Å². The Morgan fingerprint density at radius 1 is 0.357 bits per heavy atom. The fourth-order valence-electron chi connectivity index (χ4n) is 10.2. The van der Waals surface area contributed by atoms with Gasteiger partial charge in [0.2, 0.25) is 0 Å². The Balaban J connectivity index is 1.22. The monoisotopic (exact) mass is 720 g/mol. The third-order valence-electron chi connectivity index (χ3n) is 13.4. The molecule has 2 heteroatoms. The second-order valence-electron chi connectivity index (χ2n) is 17.7. The lowest BCUT2D eigenvalue weighted by atomic mass is 9.60. The van der Waals surface area contributed by atoms with Crippen LogP contribution in [-0.2, 0) is 16.2 Å². The van der Waals surface area contributed by atoms with Gasteiger partial charge in [-0.3, -0.25) is 4.98 Å². The van der Waals surface area contributed by atoms with E-state index in [0.29, 0.717) is 0 Å². The van der Waals surface area contributed by atoms with Crippen molar-refractivity contribution in [3.63, 3.8) is 0 Å². The van der Waals surface area contributed by atoms with Crippen LogP contribution in [0.5, 0.6) is 0 Å². The summed E-state index contributed by atoms with van der Waals surface area (Å²) >= 11 is 0. The third-order valence-corrected chi connectivity index (χ3v) is 13.4. The Labute approximate surface area is 330 Å². The molecule has 0 amide bonds. The topological polar surface area (TPSA) is 16.1 Å². The largest absolute Gasteiger partial charge is 0.309 e. The number of benzene rings is 7. The highest BCUT2D eigenvalue weighted by Gasteiger charge is 2.52. The number of nitrogens with zero attached hydrogens (tertiary/aromatic N) is 2. The molecule has 4 heterocycles. The maximum Gasteiger partial charge on any atom is 0.0780 e. The van der Waals surface area contributed by atoms with Gasteiger partial charge >= 0.3 is 0 Å². The van der Waals surface area contributed by atoms with Gasteiger partial charge in [0, 0.05) is 33.4 Å². The molecule has 0 saturated heterocycles. The van der Waals surface area contributed by atoms with Crippen LogP contribution in [0, 0.1) is 0 Å². The number of fused-ring (bicyclic) bond motifs is 1. The van der Waals surface area contributed by atoms with Gasteiger partial charge in [0.05, 0.1) is 22.8 Å². The van der Waals surface area contributed by atoms with Crippen molar-refractivity contribution >= 4 is 27.8 Å². The van der Waals surface area contributed by atoms with E-state index < -0.39 is 0 Å². The van der Waals surface area contributed by atoms with Crippen molar-refractivity contribution < 1.29 is 0 Å². The van der Waals surface area contributed by atoms with E-state index in [1.807, 2.05) is 6.20 Å². The summed E-state index contributed by atoms with van der Waals surface area (Å²) in [4.78, 5) is 7.60. The molecule has 56 heavy (non-hydrogen) atoms. The van der Waals surface area contributed by atoms with Crippen molar-refractivity contribution in [2.45, 2.75) is 57.8 Å². The Bertz CT molecular complexity index is 2790. The van der Waals surface area contributed by atoms with Crippen molar-refractivity contribution in [1.82, 2.24) is 4.98 Å². The molecular weight excluding hydrogens is 677 g/mol. The van der Waals surface area contributed by atoms with Crippen molar-refractivity contribution in [2.24, 2.45) is 0 Å². The van der Waals surface area contributed by atoms with E-state index in [1.165, 1.54) is 94.6 Å². The van der Waals surface area contributed by atoms with Gasteiger partial charge in [-0.05, 0) is 121 Å². The summed E-state index contributed by atoms with van der Waals surface area (Å²) in [5.41, 5.74) is 21.2. The smallest absolute Gasteiger partial charge is 0.0780 e. The van der Waals surface area contributed by atoms with Crippen molar-refractivity contribution in [3.8, 4) is 44.6 Å². The van der Waals surface area contributed by atoms with Crippen LogP contribution in [0.25, 0.3) is 55.4 Å².